The summed E-state index contributed by atoms with van der Waals surface area (Å²) in [6, 6.07) is -0.0130. The molecular formula is C16H23N3O3S. The summed E-state index contributed by atoms with van der Waals surface area (Å²) >= 11 is 1.50. The first-order valence-corrected chi connectivity index (χ1v) is 9.03. The van der Waals surface area contributed by atoms with Crippen LogP contribution in [0.25, 0.3) is 0 Å². The number of thioether (sulfide) groups is 1. The number of carbonyl (C=O) groups is 2. The van der Waals surface area contributed by atoms with Crippen molar-refractivity contribution in [3.05, 3.63) is 17.0 Å². The molecule has 7 heteroatoms. The zero-order chi connectivity index (χ0) is 17.0. The number of nitrogens with zero attached hydrogens (tertiary/aromatic N) is 2. The van der Waals surface area contributed by atoms with Crippen LogP contribution < -0.4 is 5.32 Å². The minimum atomic E-state index is -0.765. The summed E-state index contributed by atoms with van der Waals surface area (Å²) in [4.78, 5) is 31.9. The fourth-order valence-corrected chi connectivity index (χ4v) is 3.49. The summed E-state index contributed by atoms with van der Waals surface area (Å²) in [5, 5.41) is 12.7. The molecule has 0 spiro atoms. The van der Waals surface area contributed by atoms with E-state index in [2.05, 4.69) is 15.3 Å². The van der Waals surface area contributed by atoms with Gasteiger partial charge in [0.2, 0.25) is 5.91 Å². The Morgan fingerprint density at radius 3 is 2.43 bits per heavy atom. The van der Waals surface area contributed by atoms with Crippen LogP contribution in [0, 0.1) is 19.8 Å². The van der Waals surface area contributed by atoms with Crippen molar-refractivity contribution in [1.82, 2.24) is 15.3 Å². The predicted molar refractivity (Wildman–Crippen MR) is 88.5 cm³/mol. The summed E-state index contributed by atoms with van der Waals surface area (Å²) in [6.45, 7) is 3.88. The van der Waals surface area contributed by atoms with Gasteiger partial charge >= 0.3 is 5.97 Å². The average molecular weight is 337 g/mol. The number of hydrogen-bond acceptors (Lipinski definition) is 5. The third kappa shape index (κ3) is 4.67. The molecule has 2 rings (SSSR count). The first-order chi connectivity index (χ1) is 10.9. The van der Waals surface area contributed by atoms with Gasteiger partial charge in [-0.25, -0.2) is 9.97 Å². The van der Waals surface area contributed by atoms with Gasteiger partial charge in [-0.1, -0.05) is 11.8 Å². The number of aromatic nitrogens is 2. The molecule has 0 radical (unpaired) electrons. The Labute approximate surface area is 140 Å². The standard InChI is InChI=1S/C16H23N3O3S/c1-9-13(10(2)18-16(17-9)23-3)6-7-14(20)19-12-5-4-11(8-12)15(21)22/h11-12H,4-8H2,1-3H3,(H,19,20)(H,21,22)/t11-,12+/m1/s1. The van der Waals surface area contributed by atoms with Crippen molar-refractivity contribution >= 4 is 23.6 Å². The molecule has 2 atom stereocenters. The molecule has 1 fully saturated rings. The Bertz CT molecular complexity index is 583. The number of hydrogen-bond donors (Lipinski definition) is 2. The molecule has 0 aromatic carbocycles. The number of carboxylic acid groups (broad SMARTS) is 1. The maximum Gasteiger partial charge on any atom is 0.306 e. The zero-order valence-corrected chi connectivity index (χ0v) is 14.6. The highest BCUT2D eigenvalue weighted by Crippen LogP contribution is 2.25. The van der Waals surface area contributed by atoms with E-state index in [9.17, 15) is 9.59 Å². The molecule has 0 bridgehead atoms. The van der Waals surface area contributed by atoms with Crippen molar-refractivity contribution in [2.45, 2.75) is 57.1 Å². The fourth-order valence-electron chi connectivity index (χ4n) is 3.04. The molecule has 1 aliphatic carbocycles. The Morgan fingerprint density at radius 2 is 1.91 bits per heavy atom. The highest BCUT2D eigenvalue weighted by atomic mass is 32.2. The molecule has 2 N–H and O–H groups in total. The molecular weight excluding hydrogens is 314 g/mol. The third-order valence-electron chi connectivity index (χ3n) is 4.33. The molecule has 1 saturated carbocycles. The minimum absolute atomic E-state index is 0.0130. The van der Waals surface area contributed by atoms with Crippen LogP contribution in [0.4, 0.5) is 0 Å². The Kier molecular flexibility index (Phi) is 5.98. The number of amides is 1. The van der Waals surface area contributed by atoms with Crippen LogP contribution >= 0.6 is 11.8 Å². The van der Waals surface area contributed by atoms with Crippen LogP contribution in [0.1, 0.15) is 42.6 Å². The number of aliphatic carboxylic acids is 1. The van der Waals surface area contributed by atoms with Crippen molar-refractivity contribution in [3.8, 4) is 0 Å². The van der Waals surface area contributed by atoms with Crippen LogP contribution in [0.3, 0.4) is 0 Å². The monoisotopic (exact) mass is 337 g/mol. The average Bonchev–Trinajstić information content (AvgIpc) is 2.94. The molecule has 1 aromatic rings. The van der Waals surface area contributed by atoms with E-state index in [1.807, 2.05) is 20.1 Å². The van der Waals surface area contributed by atoms with Gasteiger partial charge in [-0.05, 0) is 51.3 Å². The molecule has 1 aromatic heterocycles. The van der Waals surface area contributed by atoms with Gasteiger partial charge in [-0.2, -0.15) is 0 Å². The SMILES string of the molecule is CSc1nc(C)c(CCC(=O)N[C@H]2CC[C@@H](C(=O)O)C2)c(C)n1. The van der Waals surface area contributed by atoms with E-state index in [0.29, 0.717) is 25.7 Å². The molecule has 0 aliphatic heterocycles. The fraction of sp³-hybridized carbons (Fsp3) is 0.625. The first-order valence-electron chi connectivity index (χ1n) is 7.81. The van der Waals surface area contributed by atoms with Crippen LogP contribution in [0.5, 0.6) is 0 Å². The predicted octanol–water partition coefficient (Wildman–Crippen LogP) is 2.12. The summed E-state index contributed by atoms with van der Waals surface area (Å²) < 4.78 is 0. The van der Waals surface area contributed by atoms with E-state index in [-0.39, 0.29) is 17.9 Å². The summed E-state index contributed by atoms with van der Waals surface area (Å²) in [5.41, 5.74) is 2.86. The van der Waals surface area contributed by atoms with Crippen LogP contribution in [-0.2, 0) is 16.0 Å². The van der Waals surface area contributed by atoms with Gasteiger partial charge in [0, 0.05) is 23.9 Å². The largest absolute Gasteiger partial charge is 0.481 e. The van der Waals surface area contributed by atoms with Gasteiger partial charge in [0.15, 0.2) is 5.16 Å². The summed E-state index contributed by atoms with van der Waals surface area (Å²) in [6.07, 6.45) is 4.83. The normalized spacial score (nSPS) is 20.5. The molecule has 6 nitrogen and oxygen atoms in total. The topological polar surface area (TPSA) is 92.2 Å². The summed E-state index contributed by atoms with van der Waals surface area (Å²) in [5.74, 6) is -1.12. The lowest BCUT2D eigenvalue weighted by atomic mass is 10.1. The second-order valence-electron chi connectivity index (χ2n) is 5.97. The molecule has 1 heterocycles. The second kappa shape index (κ2) is 7.77. The van der Waals surface area contributed by atoms with Crippen molar-refractivity contribution in [2.24, 2.45) is 5.92 Å². The molecule has 1 amide bonds. The Morgan fingerprint density at radius 1 is 1.26 bits per heavy atom. The molecule has 126 valence electrons. The maximum atomic E-state index is 12.1. The van der Waals surface area contributed by atoms with E-state index in [0.717, 1.165) is 28.5 Å². The molecule has 23 heavy (non-hydrogen) atoms. The smallest absolute Gasteiger partial charge is 0.306 e. The highest BCUT2D eigenvalue weighted by Gasteiger charge is 2.30. The van der Waals surface area contributed by atoms with E-state index in [4.69, 9.17) is 5.11 Å². The van der Waals surface area contributed by atoms with Crippen molar-refractivity contribution in [2.75, 3.05) is 6.26 Å². The molecule has 0 saturated heterocycles. The highest BCUT2D eigenvalue weighted by molar-refractivity contribution is 7.98. The molecule has 1 aliphatic rings. The van der Waals surface area contributed by atoms with Crippen LogP contribution in [0.2, 0.25) is 0 Å². The van der Waals surface area contributed by atoms with Crippen LogP contribution in [-0.4, -0.2) is 39.2 Å². The quantitative estimate of drug-likeness (QED) is 0.610. The lowest BCUT2D eigenvalue weighted by Gasteiger charge is -2.13. The number of rotatable bonds is 6. The van der Waals surface area contributed by atoms with E-state index in [1.165, 1.54) is 11.8 Å². The molecule has 0 unspecified atom stereocenters. The van der Waals surface area contributed by atoms with E-state index >= 15 is 0 Å². The number of carbonyl (C=O) groups excluding carboxylic acids is 1. The Balaban J connectivity index is 1.87. The number of carboxylic acids is 1. The van der Waals surface area contributed by atoms with Gasteiger partial charge in [-0.15, -0.1) is 0 Å². The van der Waals surface area contributed by atoms with Crippen molar-refractivity contribution in [1.29, 1.82) is 0 Å². The van der Waals surface area contributed by atoms with Crippen molar-refractivity contribution < 1.29 is 14.7 Å². The first kappa shape index (κ1) is 17.7. The summed E-state index contributed by atoms with van der Waals surface area (Å²) in [7, 11) is 0. The van der Waals surface area contributed by atoms with Gasteiger partial charge in [0.05, 0.1) is 5.92 Å². The minimum Gasteiger partial charge on any atom is -0.481 e. The number of nitrogens with one attached hydrogen (secondary N) is 1. The second-order valence-corrected chi connectivity index (χ2v) is 6.75. The third-order valence-corrected chi connectivity index (χ3v) is 4.88. The van der Waals surface area contributed by atoms with Gasteiger partial charge in [0.1, 0.15) is 0 Å². The van der Waals surface area contributed by atoms with Gasteiger partial charge < -0.3 is 10.4 Å². The zero-order valence-electron chi connectivity index (χ0n) is 13.8. The van der Waals surface area contributed by atoms with Gasteiger partial charge in [0.25, 0.3) is 0 Å². The maximum absolute atomic E-state index is 12.1. The lowest BCUT2D eigenvalue weighted by molar-refractivity contribution is -0.141. The number of aryl methyl sites for hydroxylation is 2. The van der Waals surface area contributed by atoms with E-state index in [1.54, 1.807) is 0 Å². The Hall–Kier alpha value is -1.63. The van der Waals surface area contributed by atoms with Crippen molar-refractivity contribution in [3.63, 3.8) is 0 Å². The lowest BCUT2D eigenvalue weighted by Crippen LogP contribution is -2.33. The van der Waals surface area contributed by atoms with E-state index < -0.39 is 5.97 Å². The van der Waals surface area contributed by atoms with Crippen LogP contribution in [0.15, 0.2) is 5.16 Å². The van der Waals surface area contributed by atoms with Gasteiger partial charge in [-0.3, -0.25) is 9.59 Å².